The molecule has 0 amide bonds. The molecule has 0 saturated carbocycles. The molecule has 0 fully saturated rings. The molecule has 0 heterocycles. The fourth-order valence-electron chi connectivity index (χ4n) is 1.65. The van der Waals surface area contributed by atoms with Gasteiger partial charge < -0.3 is 11.5 Å². The molecular formula is C14H15ClN4. The summed E-state index contributed by atoms with van der Waals surface area (Å²) in [6.07, 6.45) is 0. The summed E-state index contributed by atoms with van der Waals surface area (Å²) in [7, 11) is 0. The van der Waals surface area contributed by atoms with Crippen molar-refractivity contribution in [2.24, 2.45) is 10.2 Å². The second kappa shape index (κ2) is 5.28. The Labute approximate surface area is 117 Å². The Hall–Kier alpha value is -2.07. The number of benzene rings is 2. The van der Waals surface area contributed by atoms with E-state index in [4.69, 9.17) is 23.1 Å². The van der Waals surface area contributed by atoms with E-state index in [0.29, 0.717) is 22.1 Å². The highest BCUT2D eigenvalue weighted by atomic mass is 35.5. The molecule has 98 valence electrons. The molecule has 4 nitrogen and oxygen atoms in total. The van der Waals surface area contributed by atoms with Crippen LogP contribution in [0.3, 0.4) is 0 Å². The summed E-state index contributed by atoms with van der Waals surface area (Å²) in [6, 6.07) is 8.95. The van der Waals surface area contributed by atoms with Gasteiger partial charge in [-0.2, -0.15) is 5.11 Å². The van der Waals surface area contributed by atoms with Gasteiger partial charge in [0.05, 0.1) is 11.4 Å². The van der Waals surface area contributed by atoms with Gasteiger partial charge >= 0.3 is 0 Å². The number of nitrogens with two attached hydrogens (primary N) is 2. The molecule has 0 atom stereocenters. The number of anilines is 2. The lowest BCUT2D eigenvalue weighted by molar-refractivity contribution is 1.21. The van der Waals surface area contributed by atoms with Crippen molar-refractivity contribution in [3.63, 3.8) is 0 Å². The van der Waals surface area contributed by atoms with E-state index in [1.54, 1.807) is 12.1 Å². The highest BCUT2D eigenvalue weighted by Gasteiger charge is 2.03. The maximum absolute atomic E-state index is 5.89. The molecule has 0 aliphatic carbocycles. The van der Waals surface area contributed by atoms with Crippen LogP contribution < -0.4 is 11.5 Å². The van der Waals surface area contributed by atoms with Crippen molar-refractivity contribution in [3.8, 4) is 0 Å². The summed E-state index contributed by atoms with van der Waals surface area (Å²) in [4.78, 5) is 0. The molecule has 0 bridgehead atoms. The standard InChI is InChI=1S/C14H15ClN4/c1-8-6-14(12(17)7-11(8)16)19-18-13-4-3-10(15)5-9(13)2/h3-7H,16-17H2,1-2H3. The van der Waals surface area contributed by atoms with Crippen molar-refractivity contribution in [2.45, 2.75) is 13.8 Å². The number of nitrogens with zero attached hydrogens (tertiary/aromatic N) is 2. The number of aryl methyl sites for hydroxylation is 2. The van der Waals surface area contributed by atoms with Crippen molar-refractivity contribution in [1.29, 1.82) is 0 Å². The van der Waals surface area contributed by atoms with Gasteiger partial charge in [-0.3, -0.25) is 0 Å². The minimum absolute atomic E-state index is 0.512. The quantitative estimate of drug-likeness (QED) is 0.623. The van der Waals surface area contributed by atoms with E-state index < -0.39 is 0 Å². The molecule has 0 unspecified atom stereocenters. The Morgan fingerprint density at radius 3 is 2.21 bits per heavy atom. The number of azo groups is 1. The lowest BCUT2D eigenvalue weighted by Gasteiger charge is -2.05. The Bertz CT molecular complexity index is 650. The fourth-order valence-corrected chi connectivity index (χ4v) is 1.88. The number of hydrogen-bond donors (Lipinski definition) is 2. The van der Waals surface area contributed by atoms with Gasteiger partial charge in [-0.25, -0.2) is 0 Å². The van der Waals surface area contributed by atoms with Crippen LogP contribution in [0, 0.1) is 13.8 Å². The highest BCUT2D eigenvalue weighted by Crippen LogP contribution is 2.30. The van der Waals surface area contributed by atoms with Gasteiger partial charge in [-0.1, -0.05) is 11.6 Å². The van der Waals surface area contributed by atoms with Crippen molar-refractivity contribution in [2.75, 3.05) is 11.5 Å². The topological polar surface area (TPSA) is 76.8 Å². The molecule has 0 radical (unpaired) electrons. The van der Waals surface area contributed by atoms with Crippen LogP contribution in [0.15, 0.2) is 40.6 Å². The molecule has 2 aromatic rings. The van der Waals surface area contributed by atoms with Gasteiger partial charge in [-0.15, -0.1) is 5.11 Å². The van der Waals surface area contributed by atoms with Gasteiger partial charge in [0.15, 0.2) is 0 Å². The Morgan fingerprint density at radius 1 is 0.842 bits per heavy atom. The van der Waals surface area contributed by atoms with E-state index in [1.807, 2.05) is 32.0 Å². The maximum Gasteiger partial charge on any atom is 0.109 e. The molecule has 2 aromatic carbocycles. The van der Waals surface area contributed by atoms with Gasteiger partial charge in [0.2, 0.25) is 0 Å². The number of rotatable bonds is 2. The normalized spacial score (nSPS) is 11.1. The van der Waals surface area contributed by atoms with Crippen LogP contribution in [-0.4, -0.2) is 0 Å². The zero-order valence-corrected chi connectivity index (χ0v) is 11.6. The molecule has 0 aliphatic heterocycles. The van der Waals surface area contributed by atoms with E-state index in [0.717, 1.165) is 16.8 Å². The largest absolute Gasteiger partial charge is 0.398 e. The van der Waals surface area contributed by atoms with Crippen LogP contribution in [0.4, 0.5) is 22.7 Å². The summed E-state index contributed by atoms with van der Waals surface area (Å²) in [5, 5.41) is 9.04. The second-order valence-corrected chi connectivity index (χ2v) is 4.83. The SMILES string of the molecule is Cc1cc(N=Nc2ccc(Cl)cc2C)c(N)cc1N. The van der Waals surface area contributed by atoms with Crippen molar-refractivity contribution < 1.29 is 0 Å². The molecule has 5 heteroatoms. The predicted octanol–water partition coefficient (Wildman–Crippen LogP) is 4.54. The second-order valence-electron chi connectivity index (χ2n) is 4.40. The van der Waals surface area contributed by atoms with Crippen molar-refractivity contribution in [1.82, 2.24) is 0 Å². The molecule has 2 rings (SSSR count). The summed E-state index contributed by atoms with van der Waals surface area (Å²) in [5.74, 6) is 0. The first-order chi connectivity index (χ1) is 8.97. The third kappa shape index (κ3) is 3.03. The molecule has 4 N–H and O–H groups in total. The number of halogens is 1. The first-order valence-electron chi connectivity index (χ1n) is 5.81. The van der Waals surface area contributed by atoms with Gasteiger partial charge in [0.1, 0.15) is 5.69 Å². The molecular weight excluding hydrogens is 260 g/mol. The van der Waals surface area contributed by atoms with Crippen LogP contribution in [0.2, 0.25) is 5.02 Å². The summed E-state index contributed by atoms with van der Waals surface area (Å²) >= 11 is 5.89. The minimum atomic E-state index is 0.512. The third-order valence-corrected chi connectivity index (χ3v) is 3.07. The first-order valence-corrected chi connectivity index (χ1v) is 6.18. The van der Waals surface area contributed by atoms with Crippen molar-refractivity contribution in [3.05, 3.63) is 46.5 Å². The zero-order chi connectivity index (χ0) is 14.0. The number of nitrogen functional groups attached to an aromatic ring is 2. The van der Waals surface area contributed by atoms with Crippen LogP contribution in [-0.2, 0) is 0 Å². The summed E-state index contributed by atoms with van der Waals surface area (Å²) < 4.78 is 0. The summed E-state index contributed by atoms with van der Waals surface area (Å²) in [5.41, 5.74) is 16.1. The molecule has 19 heavy (non-hydrogen) atoms. The molecule has 0 aromatic heterocycles. The molecule has 0 saturated heterocycles. The van der Waals surface area contributed by atoms with Crippen LogP contribution in [0.5, 0.6) is 0 Å². The first kappa shape index (κ1) is 13.4. The van der Waals surface area contributed by atoms with Gasteiger partial charge in [0.25, 0.3) is 0 Å². The Kier molecular flexibility index (Phi) is 3.71. The molecule has 0 aliphatic rings. The van der Waals surface area contributed by atoms with E-state index in [9.17, 15) is 0 Å². The average molecular weight is 275 g/mol. The van der Waals surface area contributed by atoms with Gasteiger partial charge in [-0.05, 0) is 55.3 Å². The van der Waals surface area contributed by atoms with E-state index in [1.165, 1.54) is 0 Å². The summed E-state index contributed by atoms with van der Waals surface area (Å²) in [6.45, 7) is 3.83. The van der Waals surface area contributed by atoms with Crippen molar-refractivity contribution >= 4 is 34.4 Å². The lowest BCUT2D eigenvalue weighted by Crippen LogP contribution is -1.93. The third-order valence-electron chi connectivity index (χ3n) is 2.84. The number of hydrogen-bond acceptors (Lipinski definition) is 4. The Morgan fingerprint density at radius 2 is 1.53 bits per heavy atom. The van der Waals surface area contributed by atoms with Crippen LogP contribution in [0.25, 0.3) is 0 Å². The van der Waals surface area contributed by atoms with E-state index in [-0.39, 0.29) is 0 Å². The Balaban J connectivity index is 2.35. The van der Waals surface area contributed by atoms with E-state index >= 15 is 0 Å². The monoisotopic (exact) mass is 274 g/mol. The van der Waals surface area contributed by atoms with Gasteiger partial charge in [0, 0.05) is 10.7 Å². The average Bonchev–Trinajstić information content (AvgIpc) is 2.34. The highest BCUT2D eigenvalue weighted by molar-refractivity contribution is 6.30. The van der Waals surface area contributed by atoms with E-state index in [2.05, 4.69) is 10.2 Å². The lowest BCUT2D eigenvalue weighted by atomic mass is 10.1. The van der Waals surface area contributed by atoms with Crippen LogP contribution >= 0.6 is 11.6 Å². The smallest absolute Gasteiger partial charge is 0.109 e. The minimum Gasteiger partial charge on any atom is -0.398 e. The zero-order valence-electron chi connectivity index (χ0n) is 10.8. The predicted molar refractivity (Wildman–Crippen MR) is 80.4 cm³/mol. The maximum atomic E-state index is 5.89. The fraction of sp³-hybridized carbons (Fsp3) is 0.143. The van der Waals surface area contributed by atoms with Crippen LogP contribution in [0.1, 0.15) is 11.1 Å². The molecule has 0 spiro atoms.